The van der Waals surface area contributed by atoms with Crippen molar-refractivity contribution in [2.75, 3.05) is 26.4 Å². The van der Waals surface area contributed by atoms with Crippen LogP contribution in [0.2, 0.25) is 0 Å². The van der Waals surface area contributed by atoms with Crippen molar-refractivity contribution in [3.63, 3.8) is 0 Å². The van der Waals surface area contributed by atoms with E-state index in [-0.39, 0.29) is 39.3 Å². The van der Waals surface area contributed by atoms with E-state index in [0.717, 1.165) is 22.3 Å². The Morgan fingerprint density at radius 3 is 1.58 bits per heavy atom. The van der Waals surface area contributed by atoms with E-state index in [1.807, 2.05) is 26.0 Å². The maximum absolute atomic E-state index is 12.8. The molecule has 2 N–H and O–H groups in total. The lowest BCUT2D eigenvalue weighted by molar-refractivity contribution is -0.140. The quantitative estimate of drug-likeness (QED) is 0.460. The Hall–Kier alpha value is -3.10. The van der Waals surface area contributed by atoms with Crippen molar-refractivity contribution in [3.05, 3.63) is 46.5 Å². The molecule has 2 aromatic carbocycles. The topological polar surface area (TPSA) is 112 Å². The van der Waals surface area contributed by atoms with Gasteiger partial charge >= 0.3 is 11.9 Å². The van der Waals surface area contributed by atoms with Gasteiger partial charge in [-0.15, -0.1) is 0 Å². The summed E-state index contributed by atoms with van der Waals surface area (Å²) in [5.41, 5.74) is 2.31. The maximum Gasteiger partial charge on any atom is 0.312 e. The molecule has 0 bridgehead atoms. The predicted octanol–water partition coefficient (Wildman–Crippen LogP) is 2.46. The van der Waals surface area contributed by atoms with Crippen LogP contribution in [0.15, 0.2) is 24.3 Å². The molecule has 0 saturated heterocycles. The van der Waals surface area contributed by atoms with Crippen LogP contribution >= 0.6 is 0 Å². The zero-order chi connectivity index (χ0) is 23.6. The second-order valence-electron chi connectivity index (χ2n) is 8.15. The summed E-state index contributed by atoms with van der Waals surface area (Å²) >= 11 is 0. The van der Waals surface area contributed by atoms with E-state index in [1.54, 1.807) is 12.1 Å². The summed E-state index contributed by atoms with van der Waals surface area (Å²) < 4.78 is 22.5. The summed E-state index contributed by atoms with van der Waals surface area (Å²) in [7, 11) is 0. The Balaban J connectivity index is 1.92. The van der Waals surface area contributed by atoms with Gasteiger partial charge in [0, 0.05) is 28.7 Å². The summed E-state index contributed by atoms with van der Waals surface area (Å²) in [6, 6.07) is 7.20. The van der Waals surface area contributed by atoms with Gasteiger partial charge in [0.1, 0.15) is 36.2 Å². The third-order valence-electron chi connectivity index (χ3n) is 6.16. The van der Waals surface area contributed by atoms with E-state index >= 15 is 0 Å². The van der Waals surface area contributed by atoms with Crippen molar-refractivity contribution in [1.82, 2.24) is 0 Å². The van der Waals surface area contributed by atoms with Gasteiger partial charge < -0.3 is 29.2 Å². The summed E-state index contributed by atoms with van der Waals surface area (Å²) in [5, 5.41) is 18.3. The number of rotatable bonds is 8. The predicted molar refractivity (Wildman–Crippen MR) is 118 cm³/mol. The lowest BCUT2D eigenvalue weighted by atomic mass is 9.66. The minimum absolute atomic E-state index is 0.00208. The number of ether oxygens (including phenoxy) is 4. The molecule has 0 radical (unpaired) electrons. The van der Waals surface area contributed by atoms with Gasteiger partial charge in [0.15, 0.2) is 0 Å². The molecule has 0 atom stereocenters. The molecule has 8 nitrogen and oxygen atoms in total. The second kappa shape index (κ2) is 9.41. The number of fused-ring (bicyclic) bond motifs is 4. The van der Waals surface area contributed by atoms with E-state index in [1.165, 1.54) is 0 Å². The van der Waals surface area contributed by atoms with Crippen LogP contribution < -0.4 is 18.9 Å². The van der Waals surface area contributed by atoms with E-state index < -0.39 is 17.4 Å². The Bertz CT molecular complexity index is 989. The highest BCUT2D eigenvalue weighted by Gasteiger charge is 2.50. The van der Waals surface area contributed by atoms with Crippen molar-refractivity contribution in [1.29, 1.82) is 0 Å². The van der Waals surface area contributed by atoms with Gasteiger partial charge in [-0.2, -0.15) is 0 Å². The molecule has 0 unspecified atom stereocenters. The fraction of sp³-hybridized carbons (Fsp3) is 0.440. The largest absolute Gasteiger partial charge is 0.491 e. The molecule has 33 heavy (non-hydrogen) atoms. The average Bonchev–Trinajstić information content (AvgIpc) is 2.80. The smallest absolute Gasteiger partial charge is 0.312 e. The minimum atomic E-state index is -0.936. The first-order valence-electron chi connectivity index (χ1n) is 11.2. The summed E-state index contributed by atoms with van der Waals surface area (Å²) in [4.78, 5) is 25.5. The number of benzene rings is 2. The van der Waals surface area contributed by atoms with Crippen LogP contribution in [0, 0.1) is 0 Å². The fourth-order valence-electron chi connectivity index (χ4n) is 4.66. The Labute approximate surface area is 192 Å². The number of esters is 2. The van der Waals surface area contributed by atoms with E-state index in [2.05, 4.69) is 0 Å². The van der Waals surface area contributed by atoms with Gasteiger partial charge in [-0.1, -0.05) is 13.8 Å². The van der Waals surface area contributed by atoms with Crippen LogP contribution in [0.1, 0.15) is 48.9 Å². The number of carbonyl (C=O) groups is 2. The summed E-state index contributed by atoms with van der Waals surface area (Å²) in [6.45, 7) is 3.94. The molecule has 2 heterocycles. The Kier molecular flexibility index (Phi) is 6.58. The molecule has 2 aliphatic heterocycles. The molecular weight excluding hydrogens is 428 g/mol. The van der Waals surface area contributed by atoms with Crippen LogP contribution in [-0.4, -0.2) is 48.6 Å². The van der Waals surface area contributed by atoms with Crippen LogP contribution in [0.5, 0.6) is 23.0 Å². The summed E-state index contributed by atoms with van der Waals surface area (Å²) in [5.74, 6) is 0.872. The van der Waals surface area contributed by atoms with Crippen LogP contribution in [0.3, 0.4) is 0 Å². The van der Waals surface area contributed by atoms with Gasteiger partial charge in [0.2, 0.25) is 0 Å². The molecule has 4 rings (SSSR count). The molecule has 0 aromatic heterocycles. The zero-order valence-electron chi connectivity index (χ0n) is 18.8. The molecular formula is C25H28O8. The molecule has 2 aromatic rings. The SMILES string of the molecule is CCc1cc2c(cc1OCCO)OC(=O)CC21CC(=O)Oc2cc(OCCO)c(CC)cc21. The lowest BCUT2D eigenvalue weighted by Crippen LogP contribution is -2.43. The highest BCUT2D eigenvalue weighted by molar-refractivity contribution is 5.87. The molecule has 1 spiro atoms. The van der Waals surface area contributed by atoms with Crippen molar-refractivity contribution in [2.24, 2.45) is 0 Å². The highest BCUT2D eigenvalue weighted by atomic mass is 16.5. The van der Waals surface area contributed by atoms with Crippen LogP contribution in [-0.2, 0) is 27.8 Å². The maximum atomic E-state index is 12.8. The number of aryl methyl sites for hydroxylation is 2. The highest BCUT2D eigenvalue weighted by Crippen LogP contribution is 2.54. The van der Waals surface area contributed by atoms with Crippen molar-refractivity contribution < 1.29 is 38.7 Å². The molecule has 0 saturated carbocycles. The third kappa shape index (κ3) is 4.16. The monoisotopic (exact) mass is 456 g/mol. The Morgan fingerprint density at radius 2 is 1.21 bits per heavy atom. The molecule has 176 valence electrons. The number of hydrogen-bond donors (Lipinski definition) is 2. The fourth-order valence-corrected chi connectivity index (χ4v) is 4.66. The average molecular weight is 456 g/mol. The number of carbonyl (C=O) groups excluding carboxylic acids is 2. The van der Waals surface area contributed by atoms with E-state index in [9.17, 15) is 9.59 Å². The number of aliphatic hydroxyl groups is 2. The molecule has 8 heteroatoms. The molecule has 0 aliphatic carbocycles. The summed E-state index contributed by atoms with van der Waals surface area (Å²) in [6.07, 6.45) is 1.32. The molecule has 2 aliphatic rings. The van der Waals surface area contributed by atoms with Gasteiger partial charge in [-0.25, -0.2) is 0 Å². The molecule has 0 fully saturated rings. The first-order chi connectivity index (χ1) is 15.9. The van der Waals surface area contributed by atoms with Gasteiger partial charge in [-0.3, -0.25) is 9.59 Å². The van der Waals surface area contributed by atoms with Gasteiger partial charge in [-0.05, 0) is 36.1 Å². The van der Waals surface area contributed by atoms with Gasteiger partial charge in [0.05, 0.1) is 26.1 Å². The van der Waals surface area contributed by atoms with E-state index in [4.69, 9.17) is 29.2 Å². The zero-order valence-corrected chi connectivity index (χ0v) is 18.8. The van der Waals surface area contributed by atoms with Crippen LogP contribution in [0.25, 0.3) is 0 Å². The second-order valence-corrected chi connectivity index (χ2v) is 8.15. The molecule has 0 amide bonds. The lowest BCUT2D eigenvalue weighted by Gasteiger charge is -2.41. The first kappa shape index (κ1) is 23.1. The van der Waals surface area contributed by atoms with Crippen molar-refractivity contribution >= 4 is 11.9 Å². The van der Waals surface area contributed by atoms with Crippen molar-refractivity contribution in [2.45, 2.75) is 44.9 Å². The third-order valence-corrected chi connectivity index (χ3v) is 6.16. The minimum Gasteiger partial charge on any atom is -0.491 e. The number of hydrogen-bond acceptors (Lipinski definition) is 8. The normalized spacial score (nSPS) is 16.0. The number of aliphatic hydroxyl groups excluding tert-OH is 2. The Morgan fingerprint density at radius 1 is 0.788 bits per heavy atom. The van der Waals surface area contributed by atoms with Crippen LogP contribution in [0.4, 0.5) is 0 Å². The first-order valence-corrected chi connectivity index (χ1v) is 11.2. The van der Waals surface area contributed by atoms with Crippen molar-refractivity contribution in [3.8, 4) is 23.0 Å². The van der Waals surface area contributed by atoms with E-state index in [0.29, 0.717) is 35.8 Å². The van der Waals surface area contributed by atoms with Gasteiger partial charge in [0.25, 0.3) is 0 Å². The standard InChI is InChI=1S/C25H28O8/c1-3-15-9-17-21(11-19(15)30-7-5-26)32-23(28)13-25(17)14-24(29)33-22-12-20(31-8-6-27)16(4-2)10-18(22)25/h9-12,26-27H,3-8,13-14H2,1-2H3.